The second-order valence-corrected chi connectivity index (χ2v) is 7.19. The molecule has 140 valence electrons. The summed E-state index contributed by atoms with van der Waals surface area (Å²) in [6.45, 7) is 5.23. The first-order valence-corrected chi connectivity index (χ1v) is 9.20. The third-order valence-corrected chi connectivity index (χ3v) is 4.96. The van der Waals surface area contributed by atoms with Gasteiger partial charge in [0, 0.05) is 12.7 Å². The molecule has 0 fully saturated rings. The number of fused-ring (bicyclic) bond motifs is 2. The quantitative estimate of drug-likeness (QED) is 0.711. The largest absolute Gasteiger partial charge is 0.371 e. The van der Waals surface area contributed by atoms with Crippen molar-refractivity contribution in [1.82, 2.24) is 24.5 Å². The minimum atomic E-state index is -0.124. The maximum atomic E-state index is 13.2. The molecule has 1 aliphatic heterocycles. The molecule has 1 unspecified atom stereocenters. The van der Waals surface area contributed by atoms with E-state index in [4.69, 9.17) is 4.74 Å². The highest BCUT2D eigenvalue weighted by Gasteiger charge is 2.26. The Morgan fingerprint density at radius 2 is 2.19 bits per heavy atom. The van der Waals surface area contributed by atoms with Crippen LogP contribution in [0, 0.1) is 0 Å². The number of amides is 1. The Hall–Kier alpha value is -2.80. The first-order valence-electron chi connectivity index (χ1n) is 9.20. The third kappa shape index (κ3) is 3.30. The summed E-state index contributed by atoms with van der Waals surface area (Å²) in [5, 5.41) is 4.17. The molecule has 1 aliphatic rings. The molecule has 3 aromatic rings. The molecule has 0 spiro atoms. The summed E-state index contributed by atoms with van der Waals surface area (Å²) in [6.07, 6.45) is 2.21. The molecule has 0 radical (unpaired) electrons. The fourth-order valence-electron chi connectivity index (χ4n) is 3.43. The monoisotopic (exact) mass is 365 g/mol. The molecule has 0 saturated heterocycles. The van der Waals surface area contributed by atoms with Gasteiger partial charge < -0.3 is 9.64 Å². The van der Waals surface area contributed by atoms with E-state index in [1.54, 1.807) is 18.0 Å². The van der Waals surface area contributed by atoms with Crippen LogP contribution in [-0.4, -0.2) is 50.6 Å². The van der Waals surface area contributed by atoms with Crippen molar-refractivity contribution in [1.29, 1.82) is 0 Å². The van der Waals surface area contributed by atoms with Crippen molar-refractivity contribution in [2.75, 3.05) is 20.2 Å². The van der Waals surface area contributed by atoms with Gasteiger partial charge in [0.05, 0.1) is 13.2 Å². The van der Waals surface area contributed by atoms with Gasteiger partial charge in [-0.05, 0) is 29.5 Å². The van der Waals surface area contributed by atoms with Gasteiger partial charge in [-0.3, -0.25) is 4.79 Å². The van der Waals surface area contributed by atoms with Crippen molar-refractivity contribution in [3.05, 3.63) is 59.2 Å². The van der Waals surface area contributed by atoms with E-state index >= 15 is 0 Å². The number of benzene rings is 1. The van der Waals surface area contributed by atoms with E-state index in [0.717, 1.165) is 17.7 Å². The number of hydrogen-bond acceptors (Lipinski definition) is 5. The predicted octanol–water partition coefficient (Wildman–Crippen LogP) is 2.63. The van der Waals surface area contributed by atoms with Crippen LogP contribution in [0.1, 0.15) is 53.2 Å². The van der Waals surface area contributed by atoms with Gasteiger partial charge in [0.2, 0.25) is 0 Å². The third-order valence-electron chi connectivity index (χ3n) is 4.96. The Morgan fingerprint density at radius 3 is 3.00 bits per heavy atom. The highest BCUT2D eigenvalue weighted by molar-refractivity contribution is 5.93. The molecule has 1 amide bonds. The molecular weight excluding hydrogens is 342 g/mol. The number of carbonyl (C=O) groups excluding carboxylic acids is 1. The summed E-state index contributed by atoms with van der Waals surface area (Å²) in [5.41, 5.74) is 3.74. The average Bonchev–Trinajstić information content (AvgIpc) is 3.15. The number of aromatic nitrogens is 4. The second kappa shape index (κ2) is 7.08. The van der Waals surface area contributed by atoms with Crippen molar-refractivity contribution in [2.45, 2.75) is 32.3 Å². The maximum Gasteiger partial charge on any atom is 0.272 e. The van der Waals surface area contributed by atoms with Crippen LogP contribution in [-0.2, 0) is 11.2 Å². The van der Waals surface area contributed by atoms with Crippen LogP contribution < -0.4 is 0 Å². The lowest BCUT2D eigenvalue weighted by atomic mass is 9.97. The number of likely N-dealkylation sites (N-methyl/N-ethyl adjacent to an activating group) is 1. The Morgan fingerprint density at radius 1 is 1.37 bits per heavy atom. The van der Waals surface area contributed by atoms with E-state index < -0.39 is 0 Å². The summed E-state index contributed by atoms with van der Waals surface area (Å²) in [6, 6.07) is 10.1. The molecule has 27 heavy (non-hydrogen) atoms. The smallest absolute Gasteiger partial charge is 0.272 e. The highest BCUT2D eigenvalue weighted by atomic mass is 16.5. The van der Waals surface area contributed by atoms with E-state index in [0.29, 0.717) is 24.6 Å². The standard InChI is InChI=1S/C20H23N5O2/c1-13(2)16-10-17(25-20(23-16)21-12-22-25)19(26)24(3)11-18-15-7-5-4-6-14(15)8-9-27-18/h4-7,10,12-13,18H,8-9,11H2,1-3H3. The topological polar surface area (TPSA) is 72.6 Å². The molecule has 7 nitrogen and oxygen atoms in total. The summed E-state index contributed by atoms with van der Waals surface area (Å²) in [5.74, 6) is 0.510. The van der Waals surface area contributed by atoms with Crippen LogP contribution in [0.3, 0.4) is 0 Å². The van der Waals surface area contributed by atoms with E-state index in [-0.39, 0.29) is 17.9 Å². The van der Waals surface area contributed by atoms with Gasteiger partial charge in [-0.2, -0.15) is 14.6 Å². The number of hydrogen-bond donors (Lipinski definition) is 0. The lowest BCUT2D eigenvalue weighted by molar-refractivity contribution is 0.0197. The van der Waals surface area contributed by atoms with Gasteiger partial charge in [0.25, 0.3) is 11.7 Å². The molecule has 0 N–H and O–H groups in total. The van der Waals surface area contributed by atoms with Gasteiger partial charge in [-0.1, -0.05) is 38.1 Å². The SMILES string of the molecule is CC(C)c1cc(C(=O)N(C)CC2OCCc3ccccc32)n2ncnc2n1. The van der Waals surface area contributed by atoms with Crippen LogP contribution in [0.4, 0.5) is 0 Å². The van der Waals surface area contributed by atoms with Crippen molar-refractivity contribution < 1.29 is 9.53 Å². The summed E-state index contributed by atoms with van der Waals surface area (Å²) < 4.78 is 7.45. The molecule has 2 aromatic heterocycles. The number of nitrogens with zero attached hydrogens (tertiary/aromatic N) is 5. The summed E-state index contributed by atoms with van der Waals surface area (Å²) >= 11 is 0. The van der Waals surface area contributed by atoms with Crippen LogP contribution in [0.5, 0.6) is 0 Å². The lowest BCUT2D eigenvalue weighted by Crippen LogP contribution is -2.35. The van der Waals surface area contributed by atoms with Crippen molar-refractivity contribution >= 4 is 11.7 Å². The number of carbonyl (C=O) groups is 1. The summed E-state index contributed by atoms with van der Waals surface area (Å²) in [7, 11) is 1.79. The van der Waals surface area contributed by atoms with Crippen molar-refractivity contribution in [3.63, 3.8) is 0 Å². The van der Waals surface area contributed by atoms with E-state index in [9.17, 15) is 4.79 Å². The first-order chi connectivity index (χ1) is 13.0. The number of rotatable bonds is 4. The zero-order valence-electron chi connectivity index (χ0n) is 15.8. The first kappa shape index (κ1) is 17.6. The van der Waals surface area contributed by atoms with Gasteiger partial charge in [0.15, 0.2) is 0 Å². The van der Waals surface area contributed by atoms with E-state index in [1.807, 2.05) is 26.0 Å². The average molecular weight is 365 g/mol. The predicted molar refractivity (Wildman–Crippen MR) is 101 cm³/mol. The highest BCUT2D eigenvalue weighted by Crippen LogP contribution is 2.28. The lowest BCUT2D eigenvalue weighted by Gasteiger charge is -2.29. The van der Waals surface area contributed by atoms with Crippen LogP contribution in [0.25, 0.3) is 5.78 Å². The van der Waals surface area contributed by atoms with Gasteiger partial charge >= 0.3 is 0 Å². The normalized spacial score (nSPS) is 16.5. The Bertz CT molecular complexity index is 981. The molecule has 1 atom stereocenters. The van der Waals surface area contributed by atoms with Crippen LogP contribution >= 0.6 is 0 Å². The molecular formula is C20H23N5O2. The van der Waals surface area contributed by atoms with Crippen LogP contribution in [0.15, 0.2) is 36.7 Å². The molecule has 1 aromatic carbocycles. The summed E-state index contributed by atoms with van der Waals surface area (Å²) in [4.78, 5) is 23.5. The molecule has 0 aliphatic carbocycles. The minimum absolute atomic E-state index is 0.124. The molecule has 7 heteroatoms. The fourth-order valence-corrected chi connectivity index (χ4v) is 3.43. The number of ether oxygens (including phenoxy) is 1. The molecule has 4 rings (SSSR count). The van der Waals surface area contributed by atoms with Crippen molar-refractivity contribution in [3.8, 4) is 0 Å². The van der Waals surface area contributed by atoms with Gasteiger partial charge in [0.1, 0.15) is 18.1 Å². The van der Waals surface area contributed by atoms with Gasteiger partial charge in [-0.25, -0.2) is 4.98 Å². The second-order valence-electron chi connectivity index (χ2n) is 7.19. The van der Waals surface area contributed by atoms with Crippen LogP contribution in [0.2, 0.25) is 0 Å². The maximum absolute atomic E-state index is 13.2. The Labute approximate surface area is 158 Å². The fraction of sp³-hybridized carbons (Fsp3) is 0.400. The van der Waals surface area contributed by atoms with E-state index in [1.165, 1.54) is 16.4 Å². The molecule has 3 heterocycles. The zero-order chi connectivity index (χ0) is 19.0. The molecule has 0 saturated carbocycles. The Balaban J connectivity index is 1.62. The van der Waals surface area contributed by atoms with Crippen molar-refractivity contribution in [2.24, 2.45) is 0 Å². The Kier molecular flexibility index (Phi) is 4.61. The van der Waals surface area contributed by atoms with Gasteiger partial charge in [-0.15, -0.1) is 0 Å². The van der Waals surface area contributed by atoms with E-state index in [2.05, 4.69) is 27.2 Å². The minimum Gasteiger partial charge on any atom is -0.371 e. The molecule has 0 bridgehead atoms. The zero-order valence-corrected chi connectivity index (χ0v) is 15.8.